The number of amides is 1. The predicted octanol–water partition coefficient (Wildman–Crippen LogP) is 5.96. The highest BCUT2D eigenvalue weighted by atomic mass is 35.5. The Balaban J connectivity index is 1.49. The van der Waals surface area contributed by atoms with E-state index in [1.54, 1.807) is 18.5 Å². The molecule has 1 aliphatic carbocycles. The first-order valence-corrected chi connectivity index (χ1v) is 14.0. The fraction of sp³-hybridized carbons (Fsp3) is 0.345. The van der Waals surface area contributed by atoms with Crippen molar-refractivity contribution in [3.05, 3.63) is 70.3 Å². The molecule has 2 N–H and O–H groups in total. The van der Waals surface area contributed by atoms with E-state index in [2.05, 4.69) is 15.3 Å². The predicted molar refractivity (Wildman–Crippen MR) is 155 cm³/mol. The number of aromatic hydroxyl groups is 1. The average Bonchev–Trinajstić information content (AvgIpc) is 3.28. The summed E-state index contributed by atoms with van der Waals surface area (Å²) in [5, 5.41) is 15.6. The van der Waals surface area contributed by atoms with Crippen LogP contribution >= 0.6 is 22.9 Å². The molecule has 38 heavy (non-hydrogen) atoms. The van der Waals surface area contributed by atoms with Crippen molar-refractivity contribution in [2.45, 2.75) is 44.3 Å². The summed E-state index contributed by atoms with van der Waals surface area (Å²) in [7, 11) is 5.78. The number of halogens is 1. The Labute approximate surface area is 232 Å². The van der Waals surface area contributed by atoms with Crippen LogP contribution in [-0.2, 0) is 6.54 Å². The second-order valence-electron chi connectivity index (χ2n) is 9.98. The Bertz CT molecular complexity index is 1430. The van der Waals surface area contributed by atoms with Crippen LogP contribution in [0.3, 0.4) is 0 Å². The molecular weight excluding hydrogens is 518 g/mol. The number of fused-ring (bicyclic) bond motifs is 1. The lowest BCUT2D eigenvalue weighted by Gasteiger charge is -2.37. The van der Waals surface area contributed by atoms with E-state index in [1.165, 1.54) is 11.3 Å². The normalized spacial score (nSPS) is 17.5. The second kappa shape index (κ2) is 11.3. The summed E-state index contributed by atoms with van der Waals surface area (Å²) in [4.78, 5) is 27.2. The van der Waals surface area contributed by atoms with Gasteiger partial charge in [-0.3, -0.25) is 4.79 Å². The Kier molecular flexibility index (Phi) is 7.83. The molecule has 0 saturated heterocycles. The summed E-state index contributed by atoms with van der Waals surface area (Å²) in [5.74, 6) is 0.693. The van der Waals surface area contributed by atoms with Crippen molar-refractivity contribution in [1.29, 1.82) is 0 Å². The van der Waals surface area contributed by atoms with Gasteiger partial charge in [0.15, 0.2) is 0 Å². The lowest BCUT2D eigenvalue weighted by atomic mass is 9.89. The Hall–Kier alpha value is -3.20. The minimum atomic E-state index is -0.0902. The molecule has 1 fully saturated rings. The number of benzene rings is 2. The molecule has 198 valence electrons. The van der Waals surface area contributed by atoms with Crippen LogP contribution in [0.2, 0.25) is 5.02 Å². The molecule has 1 aliphatic rings. The summed E-state index contributed by atoms with van der Waals surface area (Å²) < 4.78 is 0.991. The van der Waals surface area contributed by atoms with Crippen LogP contribution in [0.1, 0.15) is 40.9 Å². The number of aromatic nitrogens is 2. The van der Waals surface area contributed by atoms with E-state index in [9.17, 15) is 9.90 Å². The molecule has 2 aromatic heterocycles. The van der Waals surface area contributed by atoms with Gasteiger partial charge in [-0.1, -0.05) is 35.9 Å². The van der Waals surface area contributed by atoms with Crippen LogP contribution in [0.4, 0.5) is 5.95 Å². The number of carbonyl (C=O) groups excluding carboxylic acids is 1. The summed E-state index contributed by atoms with van der Waals surface area (Å²) >= 11 is 8.17. The van der Waals surface area contributed by atoms with Crippen LogP contribution in [0.25, 0.3) is 21.2 Å². The quantitative estimate of drug-likeness (QED) is 0.296. The average molecular weight is 550 g/mol. The minimum absolute atomic E-state index is 0.0548. The van der Waals surface area contributed by atoms with Gasteiger partial charge in [0, 0.05) is 66.3 Å². The van der Waals surface area contributed by atoms with Crippen molar-refractivity contribution in [3.63, 3.8) is 0 Å². The Morgan fingerprint density at radius 2 is 1.79 bits per heavy atom. The van der Waals surface area contributed by atoms with Crippen LogP contribution < -0.4 is 10.2 Å². The molecule has 4 aromatic rings. The number of hydrogen-bond acceptors (Lipinski definition) is 7. The van der Waals surface area contributed by atoms with Gasteiger partial charge < -0.3 is 20.2 Å². The molecule has 7 nitrogen and oxygen atoms in total. The van der Waals surface area contributed by atoms with Crippen LogP contribution in [0.5, 0.6) is 5.75 Å². The Morgan fingerprint density at radius 1 is 1.08 bits per heavy atom. The second-order valence-corrected chi connectivity index (χ2v) is 11.4. The van der Waals surface area contributed by atoms with E-state index in [0.717, 1.165) is 46.9 Å². The van der Waals surface area contributed by atoms with Crippen molar-refractivity contribution < 1.29 is 9.90 Å². The fourth-order valence-corrected chi connectivity index (χ4v) is 6.57. The highest BCUT2D eigenvalue weighted by Gasteiger charge is 2.32. The number of nitrogens with one attached hydrogen (secondary N) is 1. The zero-order chi connectivity index (χ0) is 26.8. The van der Waals surface area contributed by atoms with Gasteiger partial charge in [0.2, 0.25) is 5.95 Å². The Morgan fingerprint density at radius 3 is 2.45 bits per heavy atom. The van der Waals surface area contributed by atoms with E-state index < -0.39 is 0 Å². The third-order valence-electron chi connectivity index (χ3n) is 7.33. The maximum atomic E-state index is 14.1. The molecule has 2 heterocycles. The first kappa shape index (κ1) is 26.4. The molecule has 5 rings (SSSR count). The lowest BCUT2D eigenvalue weighted by Crippen LogP contribution is -2.44. The number of thiophene rings is 1. The van der Waals surface area contributed by atoms with Crippen molar-refractivity contribution in [3.8, 4) is 16.9 Å². The maximum absolute atomic E-state index is 14.1. The number of phenolic OH excluding ortho intramolecular Hbond substituents is 1. The minimum Gasteiger partial charge on any atom is -0.508 e. The van der Waals surface area contributed by atoms with E-state index in [1.807, 2.05) is 67.3 Å². The molecule has 0 unspecified atom stereocenters. The fourth-order valence-electron chi connectivity index (χ4n) is 5.10. The highest BCUT2D eigenvalue weighted by Crippen LogP contribution is 2.38. The summed E-state index contributed by atoms with van der Waals surface area (Å²) in [6, 6.07) is 13.8. The molecule has 0 aliphatic heterocycles. The van der Waals surface area contributed by atoms with Crippen molar-refractivity contribution in [2.75, 3.05) is 26.0 Å². The molecule has 1 amide bonds. The summed E-state index contributed by atoms with van der Waals surface area (Å²) in [5.41, 5.74) is 2.41. The van der Waals surface area contributed by atoms with Gasteiger partial charge in [0.05, 0.1) is 5.02 Å². The molecule has 0 bridgehead atoms. The standard InChI is InChI=1S/C29H32ClN5O2S/c1-31-21-9-11-22(12-10-21)35(28(37)27-26(30)23-6-4-5-7-25(23)38-27)17-19-14-18(8-13-24(19)36)20-15-32-29(33-16-20)34(2)3/h4-8,13-16,21-22,31,36H,9-12,17H2,1-3H3/t21-,22-. The maximum Gasteiger partial charge on any atom is 0.266 e. The van der Waals surface area contributed by atoms with Gasteiger partial charge in [-0.25, -0.2) is 9.97 Å². The van der Waals surface area contributed by atoms with E-state index in [-0.39, 0.29) is 24.2 Å². The smallest absolute Gasteiger partial charge is 0.266 e. The number of hydrogen-bond donors (Lipinski definition) is 2. The number of rotatable bonds is 7. The number of phenols is 1. The van der Waals surface area contributed by atoms with Crippen LogP contribution in [-0.4, -0.2) is 59.1 Å². The summed E-state index contributed by atoms with van der Waals surface area (Å²) in [6.45, 7) is 0.286. The summed E-state index contributed by atoms with van der Waals surface area (Å²) in [6.07, 6.45) is 7.31. The lowest BCUT2D eigenvalue weighted by molar-refractivity contribution is 0.0605. The number of carbonyl (C=O) groups is 1. The van der Waals surface area contributed by atoms with Crippen molar-refractivity contribution in [2.24, 2.45) is 0 Å². The van der Waals surface area contributed by atoms with Gasteiger partial charge in [-0.05, 0) is 56.5 Å². The van der Waals surface area contributed by atoms with Crippen molar-refractivity contribution >= 4 is 44.9 Å². The topological polar surface area (TPSA) is 81.6 Å². The van der Waals surface area contributed by atoms with Gasteiger partial charge >= 0.3 is 0 Å². The highest BCUT2D eigenvalue weighted by molar-refractivity contribution is 7.21. The number of anilines is 1. The van der Waals surface area contributed by atoms with Crippen molar-refractivity contribution in [1.82, 2.24) is 20.2 Å². The SMILES string of the molecule is CN[C@H]1CC[C@H](N(Cc2cc(-c3cnc(N(C)C)nc3)ccc2O)C(=O)c2sc3ccccc3c2Cl)CC1. The molecular formula is C29H32ClN5O2S. The van der Waals surface area contributed by atoms with Gasteiger partial charge in [0.1, 0.15) is 10.6 Å². The van der Waals surface area contributed by atoms with Gasteiger partial charge in [0.25, 0.3) is 5.91 Å². The monoisotopic (exact) mass is 549 g/mol. The first-order chi connectivity index (χ1) is 18.4. The third-order valence-corrected chi connectivity index (χ3v) is 8.99. The van der Waals surface area contributed by atoms with E-state index in [4.69, 9.17) is 11.6 Å². The van der Waals surface area contributed by atoms with E-state index in [0.29, 0.717) is 27.5 Å². The third kappa shape index (κ3) is 5.34. The molecule has 0 radical (unpaired) electrons. The molecule has 0 spiro atoms. The van der Waals surface area contributed by atoms with Crippen LogP contribution in [0.15, 0.2) is 54.9 Å². The van der Waals surface area contributed by atoms with Gasteiger partial charge in [-0.15, -0.1) is 11.3 Å². The largest absolute Gasteiger partial charge is 0.508 e. The first-order valence-electron chi connectivity index (χ1n) is 12.8. The molecule has 2 aromatic carbocycles. The molecule has 9 heteroatoms. The molecule has 1 saturated carbocycles. The van der Waals surface area contributed by atoms with E-state index >= 15 is 0 Å². The van der Waals surface area contributed by atoms with Crippen LogP contribution in [0, 0.1) is 0 Å². The number of nitrogens with zero attached hydrogens (tertiary/aromatic N) is 4. The zero-order valence-corrected chi connectivity index (χ0v) is 23.4. The van der Waals surface area contributed by atoms with Gasteiger partial charge in [-0.2, -0.15) is 0 Å². The molecule has 0 atom stereocenters. The zero-order valence-electron chi connectivity index (χ0n) is 21.8.